The first-order chi connectivity index (χ1) is 15.0. The average Bonchev–Trinajstić information content (AvgIpc) is 3.21. The third-order valence-corrected chi connectivity index (χ3v) is 7.90. The van der Waals surface area contributed by atoms with Gasteiger partial charge in [0.25, 0.3) is 5.91 Å². The van der Waals surface area contributed by atoms with Crippen LogP contribution in [0.25, 0.3) is 0 Å². The summed E-state index contributed by atoms with van der Waals surface area (Å²) in [6, 6.07) is 13.9. The fourth-order valence-corrected chi connectivity index (χ4v) is 5.69. The summed E-state index contributed by atoms with van der Waals surface area (Å²) in [5.74, 6) is 0.0451. The molecule has 2 heterocycles. The molecular formula is C23H23N3O4S. The van der Waals surface area contributed by atoms with E-state index in [0.717, 1.165) is 42.5 Å². The Morgan fingerprint density at radius 1 is 0.968 bits per heavy atom. The summed E-state index contributed by atoms with van der Waals surface area (Å²) >= 11 is 0. The molecule has 3 aromatic rings. The summed E-state index contributed by atoms with van der Waals surface area (Å²) < 4.78 is 33.0. The number of hydrogen-bond donors (Lipinski definition) is 1. The average molecular weight is 438 g/mol. The van der Waals surface area contributed by atoms with Crippen molar-refractivity contribution in [1.82, 2.24) is 9.46 Å². The van der Waals surface area contributed by atoms with Crippen molar-refractivity contribution in [3.8, 4) is 0 Å². The van der Waals surface area contributed by atoms with Crippen molar-refractivity contribution < 1.29 is 17.7 Å². The molecule has 8 heteroatoms. The number of benzene rings is 2. The van der Waals surface area contributed by atoms with Crippen LogP contribution < -0.4 is 5.32 Å². The summed E-state index contributed by atoms with van der Waals surface area (Å²) in [4.78, 5) is 12.8. The Morgan fingerprint density at radius 3 is 2.52 bits per heavy atom. The van der Waals surface area contributed by atoms with Gasteiger partial charge in [-0.1, -0.05) is 29.4 Å². The maximum Gasteiger partial charge on any atom is 0.258 e. The number of nitrogens with zero attached hydrogens (tertiary/aromatic N) is 2. The van der Waals surface area contributed by atoms with Crippen LogP contribution in [-0.4, -0.2) is 30.3 Å². The summed E-state index contributed by atoms with van der Waals surface area (Å²) in [7, 11) is -3.64. The van der Waals surface area contributed by atoms with Crippen molar-refractivity contribution in [2.75, 3.05) is 11.9 Å². The highest BCUT2D eigenvalue weighted by molar-refractivity contribution is 7.89. The quantitative estimate of drug-likeness (QED) is 0.674. The van der Waals surface area contributed by atoms with Gasteiger partial charge in [-0.3, -0.25) is 10.1 Å². The third-order valence-electron chi connectivity index (χ3n) is 6.04. The van der Waals surface area contributed by atoms with E-state index < -0.39 is 10.0 Å². The Morgan fingerprint density at radius 2 is 1.71 bits per heavy atom. The van der Waals surface area contributed by atoms with Crippen LogP contribution in [0.4, 0.5) is 5.88 Å². The van der Waals surface area contributed by atoms with E-state index in [9.17, 15) is 13.2 Å². The molecular weight excluding hydrogens is 414 g/mol. The van der Waals surface area contributed by atoms with E-state index in [1.807, 2.05) is 24.3 Å². The van der Waals surface area contributed by atoms with Gasteiger partial charge in [-0.05, 0) is 67.5 Å². The molecule has 31 heavy (non-hydrogen) atoms. The number of fused-ring (bicyclic) bond motifs is 2. The molecule has 0 saturated heterocycles. The van der Waals surface area contributed by atoms with Gasteiger partial charge in [0, 0.05) is 24.2 Å². The first kappa shape index (κ1) is 20.0. The number of aryl methyl sites for hydroxylation is 1. The number of rotatable bonds is 4. The van der Waals surface area contributed by atoms with Crippen molar-refractivity contribution in [2.45, 2.75) is 43.5 Å². The number of hydrogen-bond acceptors (Lipinski definition) is 5. The standard InChI is InChI=1S/C23H23N3O4S/c27-22(24-23-20-7-3-4-8-21(20)25-30-23)17-9-11-19(12-10-17)31(28,29)26-14-13-16-5-1-2-6-18(16)15-26/h1-2,5-6,9-12H,3-4,7-8,13-15H2,(H,24,27). The Hall–Kier alpha value is -2.97. The normalized spacial score (nSPS) is 16.4. The highest BCUT2D eigenvalue weighted by Gasteiger charge is 2.28. The lowest BCUT2D eigenvalue weighted by Gasteiger charge is -2.28. The number of carbonyl (C=O) groups excluding carboxylic acids is 1. The molecule has 0 radical (unpaired) electrons. The van der Waals surface area contributed by atoms with E-state index in [0.29, 0.717) is 31.0 Å². The van der Waals surface area contributed by atoms with E-state index in [1.165, 1.54) is 34.1 Å². The Labute approximate surface area is 181 Å². The van der Waals surface area contributed by atoms with Crippen LogP contribution in [0.1, 0.15) is 45.6 Å². The van der Waals surface area contributed by atoms with Crippen molar-refractivity contribution in [1.29, 1.82) is 0 Å². The molecule has 1 aliphatic heterocycles. The second-order valence-electron chi connectivity index (χ2n) is 7.98. The van der Waals surface area contributed by atoms with E-state index in [4.69, 9.17) is 4.52 Å². The first-order valence-electron chi connectivity index (χ1n) is 10.5. The topological polar surface area (TPSA) is 92.5 Å². The van der Waals surface area contributed by atoms with Gasteiger partial charge in [0.05, 0.1) is 10.6 Å². The lowest BCUT2D eigenvalue weighted by atomic mass is 9.97. The van der Waals surface area contributed by atoms with Gasteiger partial charge in [-0.15, -0.1) is 0 Å². The smallest absolute Gasteiger partial charge is 0.258 e. The van der Waals surface area contributed by atoms with Gasteiger partial charge in [-0.2, -0.15) is 4.31 Å². The highest BCUT2D eigenvalue weighted by Crippen LogP contribution is 2.28. The molecule has 160 valence electrons. The van der Waals surface area contributed by atoms with E-state index in [1.54, 1.807) is 0 Å². The van der Waals surface area contributed by atoms with Crippen molar-refractivity contribution in [3.05, 3.63) is 76.5 Å². The monoisotopic (exact) mass is 437 g/mol. The summed E-state index contributed by atoms with van der Waals surface area (Å²) in [5.41, 5.74) is 4.46. The first-order valence-corrected chi connectivity index (χ1v) is 11.9. The second-order valence-corrected chi connectivity index (χ2v) is 9.92. The molecule has 0 atom stereocenters. The van der Waals surface area contributed by atoms with Crippen LogP contribution in [0.2, 0.25) is 0 Å². The predicted octanol–water partition coefficient (Wildman–Crippen LogP) is 3.55. The third kappa shape index (κ3) is 3.77. The van der Waals surface area contributed by atoms with Gasteiger partial charge in [0.1, 0.15) is 0 Å². The molecule has 0 saturated carbocycles. The molecule has 1 aromatic heterocycles. The highest BCUT2D eigenvalue weighted by atomic mass is 32.2. The van der Waals surface area contributed by atoms with Gasteiger partial charge in [-0.25, -0.2) is 8.42 Å². The zero-order valence-electron chi connectivity index (χ0n) is 17.0. The van der Waals surface area contributed by atoms with Crippen LogP contribution >= 0.6 is 0 Å². The zero-order chi connectivity index (χ0) is 21.4. The molecule has 2 aliphatic rings. The van der Waals surface area contributed by atoms with Gasteiger partial charge in [0.2, 0.25) is 15.9 Å². The molecule has 1 amide bonds. The van der Waals surface area contributed by atoms with Gasteiger partial charge >= 0.3 is 0 Å². The molecule has 0 unspecified atom stereocenters. The maximum absolute atomic E-state index is 13.1. The Kier molecular flexibility index (Phi) is 5.11. The maximum atomic E-state index is 13.1. The second kappa shape index (κ2) is 7.94. The Bertz CT molecular complexity index is 1230. The molecule has 7 nitrogen and oxygen atoms in total. The minimum atomic E-state index is -3.64. The summed E-state index contributed by atoms with van der Waals surface area (Å²) in [5, 5.41) is 6.81. The fraction of sp³-hybridized carbons (Fsp3) is 0.304. The van der Waals surface area contributed by atoms with Crippen molar-refractivity contribution in [3.63, 3.8) is 0 Å². The van der Waals surface area contributed by atoms with Gasteiger partial charge < -0.3 is 4.52 Å². The molecule has 2 aromatic carbocycles. The Balaban J connectivity index is 1.31. The lowest BCUT2D eigenvalue weighted by Crippen LogP contribution is -2.35. The fourth-order valence-electron chi connectivity index (χ4n) is 4.27. The number of amides is 1. The molecule has 5 rings (SSSR count). The van der Waals surface area contributed by atoms with Crippen molar-refractivity contribution in [2.24, 2.45) is 0 Å². The van der Waals surface area contributed by atoms with E-state index in [2.05, 4.69) is 10.5 Å². The predicted molar refractivity (Wildman–Crippen MR) is 115 cm³/mol. The number of carbonyl (C=O) groups is 1. The molecule has 0 bridgehead atoms. The largest absolute Gasteiger partial charge is 0.338 e. The number of anilines is 1. The summed E-state index contributed by atoms with van der Waals surface area (Å²) in [6.07, 6.45) is 4.51. The molecule has 0 fully saturated rings. The number of aromatic nitrogens is 1. The zero-order valence-corrected chi connectivity index (χ0v) is 17.8. The number of sulfonamides is 1. The minimum Gasteiger partial charge on any atom is -0.338 e. The van der Waals surface area contributed by atoms with Crippen LogP contribution in [0, 0.1) is 0 Å². The lowest BCUT2D eigenvalue weighted by molar-refractivity contribution is 0.102. The van der Waals surface area contributed by atoms with Crippen LogP contribution in [0.5, 0.6) is 0 Å². The van der Waals surface area contributed by atoms with Crippen molar-refractivity contribution >= 4 is 21.8 Å². The van der Waals surface area contributed by atoms with Gasteiger partial charge in [0.15, 0.2) is 0 Å². The molecule has 1 N–H and O–H groups in total. The van der Waals surface area contributed by atoms with Crippen LogP contribution in [0.15, 0.2) is 57.9 Å². The van der Waals surface area contributed by atoms with Crippen LogP contribution in [0.3, 0.4) is 0 Å². The molecule has 1 aliphatic carbocycles. The number of nitrogens with one attached hydrogen (secondary N) is 1. The minimum absolute atomic E-state index is 0.181. The van der Waals surface area contributed by atoms with E-state index >= 15 is 0 Å². The SMILES string of the molecule is O=C(Nc1onc2c1CCCC2)c1ccc(S(=O)(=O)N2CCc3ccccc3C2)cc1. The van der Waals surface area contributed by atoms with E-state index in [-0.39, 0.29) is 10.8 Å². The molecule has 0 spiro atoms. The summed E-state index contributed by atoms with van der Waals surface area (Å²) in [6.45, 7) is 0.801. The van der Waals surface area contributed by atoms with Crippen LogP contribution in [-0.2, 0) is 35.8 Å².